The topological polar surface area (TPSA) is 76.7 Å². The molecule has 156 valence electrons. The molecule has 0 aromatic heterocycles. The van der Waals surface area contributed by atoms with Gasteiger partial charge in [0.2, 0.25) is 0 Å². The Morgan fingerprint density at radius 3 is 2.21 bits per heavy atom. The minimum Gasteiger partial charge on any atom is -0.497 e. The van der Waals surface area contributed by atoms with Gasteiger partial charge in [0, 0.05) is 11.6 Å². The summed E-state index contributed by atoms with van der Waals surface area (Å²) in [6.45, 7) is 1.16. The summed E-state index contributed by atoms with van der Waals surface area (Å²) < 4.78 is 52.0. The third kappa shape index (κ3) is 4.95. The number of hydrogen-bond acceptors (Lipinski definition) is 5. The Kier molecular flexibility index (Phi) is 7.29. The zero-order chi connectivity index (χ0) is 20.8. The van der Waals surface area contributed by atoms with Gasteiger partial charge in [-0.1, -0.05) is 19.3 Å². The third-order valence-corrected chi connectivity index (χ3v) is 4.69. The van der Waals surface area contributed by atoms with Gasteiger partial charge >= 0.3 is 12.1 Å². The highest BCUT2D eigenvalue weighted by Gasteiger charge is 2.63. The normalized spacial score (nSPS) is 17.5. The van der Waals surface area contributed by atoms with Crippen LogP contribution in [-0.2, 0) is 9.53 Å². The fourth-order valence-electron chi connectivity index (χ4n) is 3.19. The lowest BCUT2D eigenvalue weighted by molar-refractivity contribution is -0.220. The molecule has 1 fully saturated rings. The maximum atomic E-state index is 14.1. The number of alkyl halides is 3. The molecule has 1 aromatic rings. The number of esters is 1. The summed E-state index contributed by atoms with van der Waals surface area (Å²) in [6, 6.07) is 4.98. The molecule has 2 rings (SSSR count). The number of hydrogen-bond donors (Lipinski definition) is 2. The molecule has 28 heavy (non-hydrogen) atoms. The van der Waals surface area contributed by atoms with Crippen molar-refractivity contribution >= 4 is 11.9 Å². The Bertz CT molecular complexity index is 673. The van der Waals surface area contributed by atoms with E-state index >= 15 is 0 Å². The van der Waals surface area contributed by atoms with E-state index < -0.39 is 29.8 Å². The molecule has 1 aromatic carbocycles. The molecule has 1 amide bonds. The molecular formula is C19H25F3N2O4. The fraction of sp³-hybridized carbons (Fsp3) is 0.579. The first-order valence-corrected chi connectivity index (χ1v) is 9.21. The van der Waals surface area contributed by atoms with Crippen molar-refractivity contribution in [2.75, 3.05) is 13.7 Å². The molecule has 0 saturated heterocycles. The van der Waals surface area contributed by atoms with Gasteiger partial charge in [-0.2, -0.15) is 13.2 Å². The summed E-state index contributed by atoms with van der Waals surface area (Å²) in [5.41, 5.74) is -3.36. The Morgan fingerprint density at radius 1 is 1.11 bits per heavy atom. The van der Waals surface area contributed by atoms with Crippen molar-refractivity contribution in [3.63, 3.8) is 0 Å². The standard InChI is InChI=1S/C19H25F3N2O4/c1-3-28-17(26)18(19(20,21)22,23-14-7-5-4-6-8-14)24-16(25)13-9-11-15(27-2)12-10-13/h9-12,14,23H,3-8H2,1-2H3,(H,24,25)/t18-/m0/s1. The molecule has 1 atom stereocenters. The molecule has 0 spiro atoms. The van der Waals surface area contributed by atoms with Crippen LogP contribution in [-0.4, -0.2) is 43.5 Å². The summed E-state index contributed by atoms with van der Waals surface area (Å²) in [5.74, 6) is -2.17. The second-order valence-electron chi connectivity index (χ2n) is 6.63. The third-order valence-electron chi connectivity index (χ3n) is 4.69. The molecule has 0 unspecified atom stereocenters. The zero-order valence-corrected chi connectivity index (χ0v) is 15.9. The lowest BCUT2D eigenvalue weighted by Crippen LogP contribution is -2.74. The first-order valence-electron chi connectivity index (χ1n) is 9.21. The molecule has 0 radical (unpaired) electrons. The second kappa shape index (κ2) is 9.27. The SMILES string of the molecule is CCOC(=O)[C@@](NC(=O)c1ccc(OC)cc1)(NC1CCCCC1)C(F)(F)F. The number of carbonyl (C=O) groups excluding carboxylic acids is 2. The Morgan fingerprint density at radius 2 is 1.71 bits per heavy atom. The lowest BCUT2D eigenvalue weighted by atomic mass is 9.93. The number of carbonyl (C=O) groups is 2. The van der Waals surface area contributed by atoms with Crippen molar-refractivity contribution in [3.8, 4) is 5.75 Å². The summed E-state index contributed by atoms with van der Waals surface area (Å²) in [5, 5.41) is 4.23. The van der Waals surface area contributed by atoms with Gasteiger partial charge in [0.25, 0.3) is 11.6 Å². The van der Waals surface area contributed by atoms with Gasteiger partial charge < -0.3 is 14.8 Å². The summed E-state index contributed by atoms with van der Waals surface area (Å²) >= 11 is 0. The van der Waals surface area contributed by atoms with Crippen LogP contribution in [0, 0.1) is 0 Å². The molecule has 1 saturated carbocycles. The van der Waals surface area contributed by atoms with Crippen molar-refractivity contribution in [1.82, 2.24) is 10.6 Å². The number of ether oxygens (including phenoxy) is 2. The molecule has 1 aliphatic carbocycles. The fourth-order valence-corrected chi connectivity index (χ4v) is 3.19. The van der Waals surface area contributed by atoms with E-state index in [1.165, 1.54) is 38.3 Å². The smallest absolute Gasteiger partial charge is 0.436 e. The van der Waals surface area contributed by atoms with Crippen LogP contribution in [0.2, 0.25) is 0 Å². The highest BCUT2D eigenvalue weighted by atomic mass is 19.4. The molecular weight excluding hydrogens is 377 g/mol. The average molecular weight is 402 g/mol. The van der Waals surface area contributed by atoms with Crippen molar-refractivity contribution < 1.29 is 32.2 Å². The van der Waals surface area contributed by atoms with Crippen LogP contribution in [0.15, 0.2) is 24.3 Å². The lowest BCUT2D eigenvalue weighted by Gasteiger charge is -2.38. The first kappa shape index (κ1) is 22.0. The number of rotatable bonds is 7. The van der Waals surface area contributed by atoms with Gasteiger partial charge in [-0.05, 0) is 44.0 Å². The quantitative estimate of drug-likeness (QED) is 0.541. The van der Waals surface area contributed by atoms with E-state index in [4.69, 9.17) is 9.47 Å². The minimum atomic E-state index is -5.10. The number of benzene rings is 1. The van der Waals surface area contributed by atoms with E-state index in [0.717, 1.165) is 19.3 Å². The monoisotopic (exact) mass is 402 g/mol. The van der Waals surface area contributed by atoms with E-state index in [1.54, 1.807) is 0 Å². The highest BCUT2D eigenvalue weighted by Crippen LogP contribution is 2.32. The van der Waals surface area contributed by atoms with Crippen LogP contribution in [0.4, 0.5) is 13.2 Å². The largest absolute Gasteiger partial charge is 0.497 e. The first-order chi connectivity index (χ1) is 13.2. The maximum Gasteiger partial charge on any atom is 0.436 e. The van der Waals surface area contributed by atoms with E-state index in [2.05, 4.69) is 5.32 Å². The van der Waals surface area contributed by atoms with Crippen LogP contribution >= 0.6 is 0 Å². The van der Waals surface area contributed by atoms with Crippen LogP contribution in [0.1, 0.15) is 49.4 Å². The van der Waals surface area contributed by atoms with Gasteiger partial charge in [-0.15, -0.1) is 0 Å². The molecule has 0 aliphatic heterocycles. The van der Waals surface area contributed by atoms with E-state index in [1.807, 2.05) is 5.32 Å². The molecule has 6 nitrogen and oxygen atoms in total. The number of amides is 1. The van der Waals surface area contributed by atoms with E-state index in [-0.39, 0.29) is 12.2 Å². The van der Waals surface area contributed by atoms with E-state index in [9.17, 15) is 22.8 Å². The Hall–Kier alpha value is -2.29. The van der Waals surface area contributed by atoms with Crippen molar-refractivity contribution in [2.45, 2.75) is 56.9 Å². The molecule has 9 heteroatoms. The van der Waals surface area contributed by atoms with Crippen molar-refractivity contribution in [1.29, 1.82) is 0 Å². The zero-order valence-electron chi connectivity index (χ0n) is 15.9. The number of halogens is 3. The van der Waals surface area contributed by atoms with Gasteiger partial charge in [-0.3, -0.25) is 10.1 Å². The Labute approximate surface area is 161 Å². The van der Waals surface area contributed by atoms with Gasteiger partial charge in [0.05, 0.1) is 13.7 Å². The highest BCUT2D eigenvalue weighted by molar-refractivity contribution is 5.98. The van der Waals surface area contributed by atoms with Crippen molar-refractivity contribution in [2.24, 2.45) is 0 Å². The van der Waals surface area contributed by atoms with Crippen LogP contribution in [0.3, 0.4) is 0 Å². The van der Waals surface area contributed by atoms with E-state index in [0.29, 0.717) is 18.6 Å². The molecule has 0 heterocycles. The van der Waals surface area contributed by atoms with Crippen molar-refractivity contribution in [3.05, 3.63) is 29.8 Å². The maximum absolute atomic E-state index is 14.1. The second-order valence-corrected chi connectivity index (χ2v) is 6.63. The summed E-state index contributed by atoms with van der Waals surface area (Å²) in [6.07, 6.45) is -1.71. The van der Waals surface area contributed by atoms with Crippen LogP contribution in [0.25, 0.3) is 0 Å². The average Bonchev–Trinajstić information content (AvgIpc) is 2.67. The number of methoxy groups -OCH3 is 1. The molecule has 1 aliphatic rings. The summed E-state index contributed by atoms with van der Waals surface area (Å²) in [7, 11) is 1.43. The molecule has 2 N–H and O–H groups in total. The summed E-state index contributed by atoms with van der Waals surface area (Å²) in [4.78, 5) is 25.0. The van der Waals surface area contributed by atoms with Gasteiger partial charge in [-0.25, -0.2) is 4.79 Å². The van der Waals surface area contributed by atoms with Crippen LogP contribution < -0.4 is 15.4 Å². The predicted octanol–water partition coefficient (Wildman–Crippen LogP) is 3.17. The Balaban J connectivity index is 2.35. The van der Waals surface area contributed by atoms with Crippen LogP contribution in [0.5, 0.6) is 5.75 Å². The predicted molar refractivity (Wildman–Crippen MR) is 95.9 cm³/mol. The number of nitrogens with one attached hydrogen (secondary N) is 2. The van der Waals surface area contributed by atoms with Gasteiger partial charge in [0.1, 0.15) is 5.75 Å². The minimum absolute atomic E-state index is 0.0378. The van der Waals surface area contributed by atoms with Gasteiger partial charge in [0.15, 0.2) is 0 Å². The molecule has 0 bridgehead atoms.